The highest BCUT2D eigenvalue weighted by Crippen LogP contribution is 2.35. The predicted molar refractivity (Wildman–Crippen MR) is 139 cm³/mol. The van der Waals surface area contributed by atoms with Crippen LogP contribution in [0.15, 0.2) is 24.3 Å². The van der Waals surface area contributed by atoms with Crippen LogP contribution < -0.4 is 0 Å². The van der Waals surface area contributed by atoms with E-state index in [-0.39, 0.29) is 5.56 Å². The van der Waals surface area contributed by atoms with Crippen LogP contribution in [0.1, 0.15) is 54.3 Å². The third kappa shape index (κ3) is 5.82. The highest BCUT2D eigenvalue weighted by atomic mass is 35.5. The molecule has 0 aliphatic carbocycles. The summed E-state index contributed by atoms with van der Waals surface area (Å²) in [6.07, 6.45) is 3.87. The molecule has 0 N–H and O–H groups in total. The standard InChI is InChI=1S/C27H33Cl2F2N3O/c1-17-13-20(27(2,30)31)14-23-26(17)32-24(33(23)3)15-21-22(28)6-5-19(25(21)29)16-34-10-7-18(8-11-34)9-12-35-4/h5-6,13-14,18H,7-12,15-16H2,1-4H3. The first-order valence-corrected chi connectivity index (χ1v) is 12.8. The van der Waals surface area contributed by atoms with Crippen LogP contribution in [0.5, 0.6) is 0 Å². The van der Waals surface area contributed by atoms with Crippen molar-refractivity contribution < 1.29 is 13.5 Å². The third-order valence-electron chi connectivity index (χ3n) is 7.21. The van der Waals surface area contributed by atoms with Crippen molar-refractivity contribution in [1.82, 2.24) is 14.5 Å². The Balaban J connectivity index is 1.56. The van der Waals surface area contributed by atoms with E-state index in [0.29, 0.717) is 22.0 Å². The van der Waals surface area contributed by atoms with Gasteiger partial charge in [-0.05, 0) is 80.1 Å². The van der Waals surface area contributed by atoms with Gasteiger partial charge in [0.25, 0.3) is 5.92 Å². The zero-order valence-corrected chi connectivity index (χ0v) is 22.3. The van der Waals surface area contributed by atoms with Crippen LogP contribution in [0.25, 0.3) is 11.0 Å². The molecule has 0 amide bonds. The van der Waals surface area contributed by atoms with Gasteiger partial charge >= 0.3 is 0 Å². The molecule has 0 atom stereocenters. The number of methoxy groups -OCH3 is 1. The van der Waals surface area contributed by atoms with E-state index in [0.717, 1.165) is 73.5 Å². The topological polar surface area (TPSA) is 30.3 Å². The average Bonchev–Trinajstić information content (AvgIpc) is 3.13. The lowest BCUT2D eigenvalue weighted by Crippen LogP contribution is -2.33. The van der Waals surface area contributed by atoms with Gasteiger partial charge in [0.05, 0.1) is 16.1 Å². The van der Waals surface area contributed by atoms with Crippen molar-refractivity contribution in [3.63, 3.8) is 0 Å². The number of benzene rings is 2. The number of halogens is 4. The number of imidazole rings is 1. The maximum atomic E-state index is 14.0. The van der Waals surface area contributed by atoms with Crippen LogP contribution in [0.4, 0.5) is 8.78 Å². The minimum Gasteiger partial charge on any atom is -0.385 e. The van der Waals surface area contributed by atoms with Gasteiger partial charge in [-0.2, -0.15) is 0 Å². The van der Waals surface area contributed by atoms with Gasteiger partial charge in [0, 0.05) is 51.2 Å². The summed E-state index contributed by atoms with van der Waals surface area (Å²) < 4.78 is 35.1. The Hall–Kier alpha value is -1.73. The fourth-order valence-electron chi connectivity index (χ4n) is 4.96. The molecule has 35 heavy (non-hydrogen) atoms. The van der Waals surface area contributed by atoms with Gasteiger partial charge in [0.2, 0.25) is 0 Å². The molecule has 2 heterocycles. The van der Waals surface area contributed by atoms with Crippen LogP contribution in [0, 0.1) is 12.8 Å². The number of likely N-dealkylation sites (tertiary alicyclic amines) is 1. The largest absolute Gasteiger partial charge is 0.385 e. The Morgan fingerprint density at radius 3 is 2.54 bits per heavy atom. The molecular formula is C27H33Cl2F2N3O. The summed E-state index contributed by atoms with van der Waals surface area (Å²) >= 11 is 13.5. The highest BCUT2D eigenvalue weighted by Gasteiger charge is 2.27. The van der Waals surface area contributed by atoms with Crippen LogP contribution in [0.2, 0.25) is 10.0 Å². The lowest BCUT2D eigenvalue weighted by atomic mass is 9.93. The van der Waals surface area contributed by atoms with Crippen molar-refractivity contribution in [3.05, 3.63) is 62.4 Å². The maximum Gasteiger partial charge on any atom is 0.270 e. The molecule has 0 radical (unpaired) electrons. The molecule has 4 nitrogen and oxygen atoms in total. The predicted octanol–water partition coefficient (Wildman–Crippen LogP) is 7.14. The van der Waals surface area contributed by atoms with Gasteiger partial charge in [-0.1, -0.05) is 29.3 Å². The number of aryl methyl sites for hydroxylation is 2. The normalized spacial score (nSPS) is 15.9. The summed E-state index contributed by atoms with van der Waals surface area (Å²) in [6.45, 7) is 6.40. The second kappa shape index (κ2) is 10.7. The first-order valence-electron chi connectivity index (χ1n) is 12.1. The number of aromatic nitrogens is 2. The van der Waals surface area contributed by atoms with Crippen LogP contribution >= 0.6 is 23.2 Å². The molecule has 8 heteroatoms. The van der Waals surface area contributed by atoms with Crippen molar-refractivity contribution >= 4 is 34.2 Å². The molecule has 1 aliphatic rings. The summed E-state index contributed by atoms with van der Waals surface area (Å²) in [4.78, 5) is 7.21. The lowest BCUT2D eigenvalue weighted by Gasteiger charge is -2.32. The summed E-state index contributed by atoms with van der Waals surface area (Å²) in [7, 11) is 3.60. The fraction of sp³-hybridized carbons (Fsp3) is 0.519. The molecular weight excluding hydrogens is 491 g/mol. The van der Waals surface area contributed by atoms with Gasteiger partial charge in [0.15, 0.2) is 0 Å². The number of hydrogen-bond acceptors (Lipinski definition) is 3. The number of fused-ring (bicyclic) bond motifs is 1. The Morgan fingerprint density at radius 2 is 1.89 bits per heavy atom. The van der Waals surface area contributed by atoms with Gasteiger partial charge < -0.3 is 9.30 Å². The second-order valence-electron chi connectivity index (χ2n) is 9.81. The first-order chi connectivity index (χ1) is 16.6. The van der Waals surface area contributed by atoms with Crippen LogP contribution in [0.3, 0.4) is 0 Å². The van der Waals surface area contributed by atoms with E-state index in [1.807, 2.05) is 30.7 Å². The zero-order chi connectivity index (χ0) is 25.3. The average molecular weight is 524 g/mol. The molecule has 0 spiro atoms. The van der Waals surface area contributed by atoms with E-state index >= 15 is 0 Å². The van der Waals surface area contributed by atoms with Crippen LogP contribution in [-0.2, 0) is 30.7 Å². The van der Waals surface area contributed by atoms with Crippen LogP contribution in [-0.4, -0.2) is 41.3 Å². The third-order valence-corrected chi connectivity index (χ3v) is 8.03. The molecule has 0 saturated carbocycles. The fourth-order valence-corrected chi connectivity index (χ4v) is 5.53. The first kappa shape index (κ1) is 26.3. The summed E-state index contributed by atoms with van der Waals surface area (Å²) in [5.41, 5.74) is 3.97. The molecule has 2 aromatic carbocycles. The van der Waals surface area contributed by atoms with Gasteiger partial charge in [-0.15, -0.1) is 0 Å². The number of rotatable bonds is 8. The summed E-state index contributed by atoms with van der Waals surface area (Å²) in [6, 6.07) is 6.93. The van der Waals surface area contributed by atoms with Gasteiger partial charge in [0.1, 0.15) is 5.82 Å². The van der Waals surface area contributed by atoms with E-state index in [1.54, 1.807) is 7.11 Å². The number of piperidine rings is 1. The summed E-state index contributed by atoms with van der Waals surface area (Å²) in [5, 5.41) is 1.24. The molecule has 0 unspecified atom stereocenters. The van der Waals surface area contributed by atoms with E-state index in [4.69, 9.17) is 32.9 Å². The van der Waals surface area contributed by atoms with Crippen molar-refractivity contribution in [1.29, 1.82) is 0 Å². The molecule has 190 valence electrons. The Kier molecular flexibility index (Phi) is 8.06. The summed E-state index contributed by atoms with van der Waals surface area (Å²) in [5.74, 6) is -1.46. The van der Waals surface area contributed by atoms with Crippen molar-refractivity contribution in [2.45, 2.75) is 52.0 Å². The lowest BCUT2D eigenvalue weighted by molar-refractivity contribution is 0.0175. The van der Waals surface area contributed by atoms with E-state index in [1.165, 1.54) is 25.0 Å². The molecule has 3 aromatic rings. The second-order valence-corrected chi connectivity index (χ2v) is 10.6. The Bertz CT molecular complexity index is 1200. The minimum atomic E-state index is -2.91. The van der Waals surface area contributed by atoms with Crippen molar-refractivity contribution in [2.24, 2.45) is 13.0 Å². The van der Waals surface area contributed by atoms with Crippen molar-refractivity contribution in [3.8, 4) is 0 Å². The number of alkyl halides is 2. The van der Waals surface area contributed by atoms with E-state index in [9.17, 15) is 8.78 Å². The van der Waals surface area contributed by atoms with Gasteiger partial charge in [-0.3, -0.25) is 4.90 Å². The molecule has 1 fully saturated rings. The minimum absolute atomic E-state index is 0.0129. The Labute approximate surface area is 216 Å². The SMILES string of the molecule is COCCC1CCN(Cc2ccc(Cl)c(Cc3nc4c(C)cc(C(C)(F)F)cc4n3C)c2Cl)CC1. The number of ether oxygens (including phenoxy) is 1. The highest BCUT2D eigenvalue weighted by molar-refractivity contribution is 6.36. The molecule has 0 bridgehead atoms. The van der Waals surface area contributed by atoms with E-state index in [2.05, 4.69) is 4.90 Å². The van der Waals surface area contributed by atoms with Gasteiger partial charge in [-0.25, -0.2) is 13.8 Å². The maximum absolute atomic E-state index is 14.0. The number of nitrogens with zero attached hydrogens (tertiary/aromatic N) is 3. The quantitative estimate of drug-likeness (QED) is 0.314. The number of hydrogen-bond donors (Lipinski definition) is 0. The molecule has 1 saturated heterocycles. The van der Waals surface area contributed by atoms with E-state index < -0.39 is 5.92 Å². The molecule has 1 aliphatic heterocycles. The smallest absolute Gasteiger partial charge is 0.270 e. The zero-order valence-electron chi connectivity index (χ0n) is 20.8. The molecule has 1 aromatic heterocycles. The Morgan fingerprint density at radius 1 is 1.17 bits per heavy atom. The monoisotopic (exact) mass is 523 g/mol. The van der Waals surface area contributed by atoms with Crippen molar-refractivity contribution in [2.75, 3.05) is 26.8 Å². The molecule has 4 rings (SSSR count).